The van der Waals surface area contributed by atoms with Crippen molar-refractivity contribution in [1.29, 1.82) is 0 Å². The van der Waals surface area contributed by atoms with Gasteiger partial charge in [-0.25, -0.2) is 13.1 Å². The molecule has 0 saturated heterocycles. The van der Waals surface area contributed by atoms with Crippen molar-refractivity contribution < 1.29 is 8.42 Å². The zero-order valence-corrected chi connectivity index (χ0v) is 14.4. The number of benzene rings is 1. The fourth-order valence-corrected chi connectivity index (χ4v) is 6.55. The number of nitrogens with one attached hydrogen (secondary N) is 1. The second-order valence-corrected chi connectivity index (χ2v) is 9.95. The van der Waals surface area contributed by atoms with Crippen molar-refractivity contribution >= 4 is 49.1 Å². The number of fused-ring (bicyclic) bond motifs is 1. The van der Waals surface area contributed by atoms with Gasteiger partial charge in [-0.15, -0.1) is 23.1 Å². The standard InChI is InChI=1S/C13H12BrNO2S3/c14-12-5-6-13(19-12)20(16,17)15-10-7-8-18-11-4-2-1-3-9(10)11/h1-6,10,15H,7-8H2. The summed E-state index contributed by atoms with van der Waals surface area (Å²) in [5, 5.41) is 0. The number of sulfonamides is 1. The zero-order chi connectivity index (χ0) is 14.2. The van der Waals surface area contributed by atoms with Crippen LogP contribution in [-0.2, 0) is 10.0 Å². The van der Waals surface area contributed by atoms with Crippen LogP contribution in [0.1, 0.15) is 18.0 Å². The smallest absolute Gasteiger partial charge is 0.206 e. The minimum atomic E-state index is -3.45. The number of thioether (sulfide) groups is 1. The maximum absolute atomic E-state index is 12.4. The van der Waals surface area contributed by atoms with Gasteiger partial charge < -0.3 is 0 Å². The summed E-state index contributed by atoms with van der Waals surface area (Å²) in [7, 11) is -3.45. The van der Waals surface area contributed by atoms with E-state index in [1.165, 1.54) is 16.2 Å². The molecule has 1 aromatic heterocycles. The van der Waals surface area contributed by atoms with Crippen molar-refractivity contribution in [2.45, 2.75) is 21.6 Å². The van der Waals surface area contributed by atoms with Gasteiger partial charge in [-0.3, -0.25) is 0 Å². The van der Waals surface area contributed by atoms with Crippen LogP contribution >= 0.6 is 39.0 Å². The predicted octanol–water partition coefficient (Wildman–Crippen LogP) is 4.03. The Morgan fingerprint density at radius 3 is 2.75 bits per heavy atom. The van der Waals surface area contributed by atoms with Gasteiger partial charge in [0.05, 0.1) is 3.79 Å². The second kappa shape index (κ2) is 5.81. The Hall–Kier alpha value is -0.340. The number of halogens is 1. The Bertz CT molecular complexity index is 727. The van der Waals surface area contributed by atoms with Crippen LogP contribution in [0.5, 0.6) is 0 Å². The Morgan fingerprint density at radius 1 is 1.20 bits per heavy atom. The van der Waals surface area contributed by atoms with Crippen LogP contribution in [0.3, 0.4) is 0 Å². The molecule has 2 heterocycles. The molecular weight excluding hydrogens is 378 g/mol. The Balaban J connectivity index is 1.89. The van der Waals surface area contributed by atoms with Crippen LogP contribution in [0.4, 0.5) is 0 Å². The van der Waals surface area contributed by atoms with Gasteiger partial charge in [0.15, 0.2) is 0 Å². The third kappa shape index (κ3) is 2.96. The molecule has 3 rings (SSSR count). The Kier molecular flexibility index (Phi) is 4.24. The van der Waals surface area contributed by atoms with Crippen molar-refractivity contribution in [2.75, 3.05) is 5.75 Å². The lowest BCUT2D eigenvalue weighted by Gasteiger charge is -2.25. The molecule has 2 aromatic rings. The topological polar surface area (TPSA) is 46.2 Å². The van der Waals surface area contributed by atoms with Gasteiger partial charge >= 0.3 is 0 Å². The van der Waals surface area contributed by atoms with E-state index in [1.54, 1.807) is 23.9 Å². The van der Waals surface area contributed by atoms with Crippen LogP contribution in [0.15, 0.2) is 49.3 Å². The van der Waals surface area contributed by atoms with E-state index >= 15 is 0 Å². The van der Waals surface area contributed by atoms with Crippen molar-refractivity contribution in [2.24, 2.45) is 0 Å². The van der Waals surface area contributed by atoms with Crippen LogP contribution in [0.2, 0.25) is 0 Å². The first-order valence-corrected chi connectivity index (χ1v) is 10.1. The number of thiophene rings is 1. The molecule has 0 radical (unpaired) electrons. The summed E-state index contributed by atoms with van der Waals surface area (Å²) in [4.78, 5) is 1.17. The van der Waals surface area contributed by atoms with Crippen molar-refractivity contribution in [3.8, 4) is 0 Å². The summed E-state index contributed by atoms with van der Waals surface area (Å²) in [6, 6.07) is 11.2. The van der Waals surface area contributed by atoms with E-state index in [-0.39, 0.29) is 6.04 Å². The predicted molar refractivity (Wildman–Crippen MR) is 86.9 cm³/mol. The number of hydrogen-bond donors (Lipinski definition) is 1. The first kappa shape index (κ1) is 14.6. The highest BCUT2D eigenvalue weighted by molar-refractivity contribution is 9.11. The van der Waals surface area contributed by atoms with Gasteiger partial charge in [-0.1, -0.05) is 18.2 Å². The third-order valence-corrected chi connectivity index (χ3v) is 7.78. The molecule has 0 spiro atoms. The molecule has 0 fully saturated rings. The molecule has 7 heteroatoms. The fourth-order valence-electron chi connectivity index (χ4n) is 2.15. The molecule has 0 aliphatic carbocycles. The van der Waals surface area contributed by atoms with Crippen molar-refractivity contribution in [3.05, 3.63) is 45.7 Å². The number of hydrogen-bond acceptors (Lipinski definition) is 4. The van der Waals surface area contributed by atoms with E-state index < -0.39 is 10.0 Å². The minimum absolute atomic E-state index is 0.140. The maximum atomic E-state index is 12.4. The number of rotatable bonds is 3. The molecule has 1 atom stereocenters. The molecule has 0 bridgehead atoms. The zero-order valence-electron chi connectivity index (χ0n) is 10.4. The molecule has 0 saturated carbocycles. The Morgan fingerprint density at radius 2 is 2.00 bits per heavy atom. The summed E-state index contributed by atoms with van der Waals surface area (Å²) in [5.41, 5.74) is 1.07. The first-order chi connectivity index (χ1) is 9.56. The lowest BCUT2D eigenvalue weighted by atomic mass is 10.1. The van der Waals surface area contributed by atoms with Crippen molar-refractivity contribution in [3.63, 3.8) is 0 Å². The molecular formula is C13H12BrNO2S3. The average Bonchev–Trinajstić information content (AvgIpc) is 2.86. The van der Waals surface area contributed by atoms with Gasteiger partial charge in [0, 0.05) is 10.9 Å². The normalized spacial score (nSPS) is 18.8. The molecule has 3 nitrogen and oxygen atoms in total. The van der Waals surface area contributed by atoms with Gasteiger partial charge in [0.1, 0.15) is 4.21 Å². The van der Waals surface area contributed by atoms with Gasteiger partial charge in [0.2, 0.25) is 0 Å². The van der Waals surface area contributed by atoms with E-state index in [9.17, 15) is 8.42 Å². The third-order valence-electron chi connectivity index (χ3n) is 3.07. The summed E-state index contributed by atoms with van der Waals surface area (Å²) >= 11 is 6.30. The second-order valence-electron chi connectivity index (χ2n) is 4.41. The van der Waals surface area contributed by atoms with Crippen molar-refractivity contribution in [1.82, 2.24) is 4.72 Å². The van der Waals surface area contributed by atoms with Gasteiger partial charge in [-0.05, 0) is 51.9 Å². The van der Waals surface area contributed by atoms with E-state index in [0.717, 1.165) is 21.5 Å². The average molecular weight is 390 g/mol. The van der Waals surface area contributed by atoms with Crippen LogP contribution in [-0.4, -0.2) is 14.2 Å². The van der Waals surface area contributed by atoms with E-state index in [2.05, 4.69) is 20.7 Å². The maximum Gasteiger partial charge on any atom is 0.250 e. The molecule has 1 aliphatic heterocycles. The van der Waals surface area contributed by atoms with Gasteiger partial charge in [-0.2, -0.15) is 0 Å². The lowest BCUT2D eigenvalue weighted by Crippen LogP contribution is -2.30. The molecule has 1 aromatic carbocycles. The summed E-state index contributed by atoms with van der Waals surface area (Å²) in [6.45, 7) is 0. The first-order valence-electron chi connectivity index (χ1n) is 6.06. The molecule has 20 heavy (non-hydrogen) atoms. The highest BCUT2D eigenvalue weighted by Gasteiger charge is 2.26. The summed E-state index contributed by atoms with van der Waals surface area (Å²) < 4.78 is 28.8. The molecule has 1 N–H and O–H groups in total. The Labute approximate surface area is 135 Å². The minimum Gasteiger partial charge on any atom is -0.206 e. The van der Waals surface area contributed by atoms with Crippen LogP contribution < -0.4 is 4.72 Å². The van der Waals surface area contributed by atoms with Crippen LogP contribution in [0, 0.1) is 0 Å². The van der Waals surface area contributed by atoms with Gasteiger partial charge in [0.25, 0.3) is 10.0 Å². The lowest BCUT2D eigenvalue weighted by molar-refractivity contribution is 0.548. The molecule has 1 aliphatic rings. The SMILES string of the molecule is O=S(=O)(NC1CCSc2ccccc21)c1ccc(Br)s1. The highest BCUT2D eigenvalue weighted by Crippen LogP contribution is 2.37. The molecule has 0 amide bonds. The van der Waals surface area contributed by atoms with E-state index in [4.69, 9.17) is 0 Å². The summed E-state index contributed by atoms with van der Waals surface area (Å²) in [6.07, 6.45) is 0.813. The summed E-state index contributed by atoms with van der Waals surface area (Å²) in [5.74, 6) is 0.929. The highest BCUT2D eigenvalue weighted by atomic mass is 79.9. The van der Waals surface area contributed by atoms with E-state index in [1.807, 2.05) is 24.3 Å². The quantitative estimate of drug-likeness (QED) is 0.861. The monoisotopic (exact) mass is 389 g/mol. The van der Waals surface area contributed by atoms with E-state index in [0.29, 0.717) is 4.21 Å². The largest absolute Gasteiger partial charge is 0.250 e. The molecule has 1 unspecified atom stereocenters. The van der Waals surface area contributed by atoms with Crippen LogP contribution in [0.25, 0.3) is 0 Å². The fraction of sp³-hybridized carbons (Fsp3) is 0.231. The molecule has 106 valence electrons.